The van der Waals surface area contributed by atoms with Crippen molar-refractivity contribution in [3.63, 3.8) is 0 Å². The van der Waals surface area contributed by atoms with Gasteiger partial charge in [0.2, 0.25) is 5.82 Å². The van der Waals surface area contributed by atoms with Crippen LogP contribution in [0.2, 0.25) is 10.0 Å². The molecule has 0 amide bonds. The van der Waals surface area contributed by atoms with E-state index in [0.717, 1.165) is 24.0 Å². The number of aliphatic hydroxyl groups is 1. The molecule has 0 aliphatic heterocycles. The Bertz CT molecular complexity index is 663. The van der Waals surface area contributed by atoms with Crippen molar-refractivity contribution in [3.05, 3.63) is 63.4 Å². The summed E-state index contributed by atoms with van der Waals surface area (Å²) < 4.78 is 17.5. The highest BCUT2D eigenvalue weighted by Gasteiger charge is 2.09. The third-order valence-corrected chi connectivity index (χ3v) is 4.50. The molecule has 0 aliphatic carbocycles. The fourth-order valence-electron chi connectivity index (χ4n) is 2.31. The van der Waals surface area contributed by atoms with E-state index in [1.165, 1.54) is 6.07 Å². The summed E-state index contributed by atoms with van der Waals surface area (Å²) in [6.07, 6.45) is 1.87. The highest BCUT2D eigenvalue weighted by molar-refractivity contribution is 6.42. The first-order valence-electron chi connectivity index (χ1n) is 7.55. The summed E-state index contributed by atoms with van der Waals surface area (Å²) in [6, 6.07) is 11.1. The highest BCUT2D eigenvalue weighted by Crippen LogP contribution is 2.23. The number of aromatic hydroxyl groups is 1. The smallest absolute Gasteiger partial charge is 0.290 e. The number of rotatable bonds is 7. The van der Waals surface area contributed by atoms with Crippen LogP contribution >= 0.6 is 23.2 Å². The Morgan fingerprint density at radius 3 is 2.48 bits per heavy atom. The van der Waals surface area contributed by atoms with Gasteiger partial charge >= 0.3 is 0 Å². The maximum atomic E-state index is 13.7. The number of hydrogen-bond donors (Lipinski definition) is 1. The summed E-state index contributed by atoms with van der Waals surface area (Å²) in [5.41, 5.74) is 2.07. The molecule has 0 radical (unpaired) electrons. The van der Waals surface area contributed by atoms with Crippen molar-refractivity contribution in [2.45, 2.75) is 32.4 Å². The lowest BCUT2D eigenvalue weighted by molar-refractivity contribution is 0.126. The van der Waals surface area contributed by atoms with E-state index in [1.54, 1.807) is 13.2 Å². The number of hydrogen-bond acceptors (Lipinski definition) is 1. The standard InChI is InChI=1S/C18H20Cl2FNO/c1-12(3-4-13-5-7-15(19)16(20)9-13)22-11-14-6-8-18(23-2)17(21)10-14/h5-10,12,22H,3-4,11H2,1-2H3/p+1. The van der Waals surface area contributed by atoms with Gasteiger partial charge in [-0.15, -0.1) is 0 Å². The van der Waals surface area contributed by atoms with Crippen molar-refractivity contribution >= 4 is 23.2 Å². The summed E-state index contributed by atoms with van der Waals surface area (Å²) in [6.45, 7) is 2.74. The Balaban J connectivity index is 1.81. The van der Waals surface area contributed by atoms with Crippen LogP contribution in [0.1, 0.15) is 24.5 Å². The van der Waals surface area contributed by atoms with E-state index in [-0.39, 0.29) is 5.82 Å². The van der Waals surface area contributed by atoms with Gasteiger partial charge in [0.25, 0.3) is 5.75 Å². The van der Waals surface area contributed by atoms with Crippen molar-refractivity contribution in [2.75, 3.05) is 7.11 Å². The van der Waals surface area contributed by atoms with Gasteiger partial charge in [0.05, 0.1) is 10.0 Å². The molecule has 2 nitrogen and oxygen atoms in total. The molecule has 0 bridgehead atoms. The Labute approximate surface area is 146 Å². The van der Waals surface area contributed by atoms with Crippen LogP contribution < -0.4 is 5.32 Å². The molecule has 1 unspecified atom stereocenters. The highest BCUT2D eigenvalue weighted by atomic mass is 35.5. The van der Waals surface area contributed by atoms with Gasteiger partial charge in [-0.2, -0.15) is 4.39 Å². The Morgan fingerprint density at radius 1 is 1.09 bits per heavy atom. The molecule has 0 aliphatic rings. The molecule has 0 aromatic heterocycles. The van der Waals surface area contributed by atoms with Gasteiger partial charge in [0.15, 0.2) is 7.11 Å². The van der Waals surface area contributed by atoms with Crippen molar-refractivity contribution in [1.29, 1.82) is 0 Å². The Kier molecular flexibility index (Phi) is 6.70. The van der Waals surface area contributed by atoms with Crippen LogP contribution in [0.25, 0.3) is 0 Å². The summed E-state index contributed by atoms with van der Waals surface area (Å²) in [4.78, 5) is 0. The second-order valence-corrected chi connectivity index (χ2v) is 6.39. The monoisotopic (exact) mass is 356 g/mol. The van der Waals surface area contributed by atoms with Crippen LogP contribution in [0.5, 0.6) is 5.75 Å². The van der Waals surface area contributed by atoms with Crippen LogP contribution in [-0.2, 0) is 13.0 Å². The van der Waals surface area contributed by atoms with Gasteiger partial charge in [0, 0.05) is 18.7 Å². The molecule has 0 spiro atoms. The molecule has 2 N–H and O–H groups in total. The molecule has 124 valence electrons. The van der Waals surface area contributed by atoms with E-state index in [2.05, 4.69) is 17.0 Å². The van der Waals surface area contributed by atoms with E-state index in [1.807, 2.05) is 24.3 Å². The summed E-state index contributed by atoms with van der Waals surface area (Å²) in [7, 11) is 1.58. The lowest BCUT2D eigenvalue weighted by Crippen LogP contribution is -2.26. The molecule has 1 atom stereocenters. The fourth-order valence-corrected chi connectivity index (χ4v) is 2.63. The molecule has 0 saturated heterocycles. The number of benzene rings is 2. The zero-order valence-corrected chi connectivity index (χ0v) is 14.8. The first-order chi connectivity index (χ1) is 11.0. The van der Waals surface area contributed by atoms with E-state index in [0.29, 0.717) is 28.4 Å². The molecule has 0 fully saturated rings. The maximum absolute atomic E-state index is 13.7. The minimum atomic E-state index is -0.282. The number of nitrogens with one attached hydrogen (secondary N) is 1. The number of halogens is 3. The predicted molar refractivity (Wildman–Crippen MR) is 95.1 cm³/mol. The zero-order valence-electron chi connectivity index (χ0n) is 13.2. The van der Waals surface area contributed by atoms with E-state index in [9.17, 15) is 4.39 Å². The quantitative estimate of drug-likeness (QED) is 0.684. The van der Waals surface area contributed by atoms with Crippen molar-refractivity contribution < 1.29 is 9.13 Å². The predicted octanol–water partition coefficient (Wildman–Crippen LogP) is 5.11. The summed E-state index contributed by atoms with van der Waals surface area (Å²) >= 11 is 11.9. The van der Waals surface area contributed by atoms with Gasteiger partial charge in [-0.3, -0.25) is 0 Å². The molecule has 2 aromatic carbocycles. The first-order valence-corrected chi connectivity index (χ1v) is 8.30. The summed E-state index contributed by atoms with van der Waals surface area (Å²) in [5.74, 6) is 0.108. The molecule has 0 heterocycles. The second-order valence-electron chi connectivity index (χ2n) is 5.58. The molecule has 0 saturated carbocycles. The topological polar surface area (TPSA) is 24.8 Å². The molecule has 2 rings (SSSR count). The second kappa shape index (κ2) is 8.53. The number of ether oxygens (including phenoxy) is 1. The van der Waals surface area contributed by atoms with Gasteiger partial charge in [-0.1, -0.05) is 29.3 Å². The van der Waals surface area contributed by atoms with Crippen LogP contribution in [0.4, 0.5) is 4.39 Å². The van der Waals surface area contributed by atoms with Crippen LogP contribution in [0, 0.1) is 5.82 Å². The average Bonchev–Trinajstić information content (AvgIpc) is 2.54. The molecular weight excluding hydrogens is 336 g/mol. The van der Waals surface area contributed by atoms with Crippen LogP contribution in [-0.4, -0.2) is 17.9 Å². The lowest BCUT2D eigenvalue weighted by atomic mass is 10.1. The number of aryl methyl sites for hydroxylation is 1. The van der Waals surface area contributed by atoms with Crippen LogP contribution in [0.15, 0.2) is 36.4 Å². The van der Waals surface area contributed by atoms with E-state index < -0.39 is 0 Å². The largest absolute Gasteiger partial charge is 0.583 e. The van der Waals surface area contributed by atoms with E-state index in [4.69, 9.17) is 23.2 Å². The van der Waals surface area contributed by atoms with Crippen molar-refractivity contribution in [2.24, 2.45) is 0 Å². The lowest BCUT2D eigenvalue weighted by Gasteiger charge is -2.14. The summed E-state index contributed by atoms with van der Waals surface area (Å²) in [5, 5.41) is 4.56. The van der Waals surface area contributed by atoms with Crippen molar-refractivity contribution in [1.82, 2.24) is 5.32 Å². The third-order valence-electron chi connectivity index (χ3n) is 3.76. The maximum Gasteiger partial charge on any atom is 0.290 e. The van der Waals surface area contributed by atoms with Gasteiger partial charge in [0.1, 0.15) is 0 Å². The fraction of sp³-hybridized carbons (Fsp3) is 0.333. The first kappa shape index (κ1) is 18.1. The third kappa shape index (κ3) is 5.38. The van der Waals surface area contributed by atoms with E-state index >= 15 is 0 Å². The Hall–Kier alpha value is -1.29. The minimum Gasteiger partial charge on any atom is -0.583 e. The normalized spacial score (nSPS) is 12.2. The molecular formula is C18H21Cl2FNO+. The minimum absolute atomic E-state index is 0.282. The van der Waals surface area contributed by atoms with Crippen LogP contribution in [0.3, 0.4) is 0 Å². The molecule has 5 heteroatoms. The van der Waals surface area contributed by atoms with Gasteiger partial charge < -0.3 is 10.1 Å². The van der Waals surface area contributed by atoms with Crippen molar-refractivity contribution in [3.8, 4) is 5.75 Å². The Morgan fingerprint density at radius 2 is 1.83 bits per heavy atom. The molecule has 2 aromatic rings. The SMILES string of the molecule is C[OH+]c1ccc(CNC(C)CCc2ccc(Cl)c(Cl)c2)cc1F. The van der Waals surface area contributed by atoms with Gasteiger partial charge in [-0.25, -0.2) is 0 Å². The zero-order chi connectivity index (χ0) is 16.8. The average molecular weight is 357 g/mol. The molecule has 23 heavy (non-hydrogen) atoms. The van der Waals surface area contributed by atoms with Gasteiger partial charge in [-0.05, 0) is 55.2 Å².